The molecule has 0 aliphatic rings. The molecule has 0 aliphatic carbocycles. The van der Waals surface area contributed by atoms with Crippen LogP contribution in [-0.4, -0.2) is 30.5 Å². The summed E-state index contributed by atoms with van der Waals surface area (Å²) < 4.78 is 42.6. The summed E-state index contributed by atoms with van der Waals surface area (Å²) in [5.41, 5.74) is -0.293. The quantitative estimate of drug-likeness (QED) is 0.438. The highest BCUT2D eigenvalue weighted by molar-refractivity contribution is 8.16. The minimum absolute atomic E-state index is 0.262. The second-order valence-corrected chi connectivity index (χ2v) is 8.16. The zero-order chi connectivity index (χ0) is 21.1. The van der Waals surface area contributed by atoms with E-state index in [1.807, 2.05) is 0 Å². The first-order chi connectivity index (χ1) is 13.1. The third-order valence-electron chi connectivity index (χ3n) is 3.72. The molecule has 10 heteroatoms. The molecule has 4 nitrogen and oxygen atoms in total. The summed E-state index contributed by atoms with van der Waals surface area (Å²) in [7, 11) is 1.84. The second kappa shape index (κ2) is 9.17. The number of amides is 1. The molecule has 0 saturated carbocycles. The summed E-state index contributed by atoms with van der Waals surface area (Å²) in [6, 6.07) is 8.28. The van der Waals surface area contributed by atoms with Crippen molar-refractivity contribution in [1.29, 1.82) is 0 Å². The van der Waals surface area contributed by atoms with E-state index in [2.05, 4.69) is 4.72 Å². The number of hydroxylamine groups is 2. The van der Waals surface area contributed by atoms with Crippen LogP contribution >= 0.6 is 33.9 Å². The van der Waals surface area contributed by atoms with Gasteiger partial charge in [-0.2, -0.15) is 13.2 Å². The van der Waals surface area contributed by atoms with Crippen LogP contribution in [0.5, 0.6) is 0 Å². The van der Waals surface area contributed by atoms with E-state index in [0.717, 1.165) is 11.1 Å². The number of halogens is 5. The summed E-state index contributed by atoms with van der Waals surface area (Å²) in [5, 5.41) is 2.72. The first kappa shape index (κ1) is 22.5. The van der Waals surface area contributed by atoms with Crippen LogP contribution in [-0.2, 0) is 11.0 Å². The SMILES string of the molecule is C/C=S(/Nc1cc(Cl)ccc1C(=O)N(C)OC)c1ccc(Cl)c(C(F)(F)F)c1. The van der Waals surface area contributed by atoms with Crippen LogP contribution in [0.15, 0.2) is 41.3 Å². The molecule has 0 fully saturated rings. The van der Waals surface area contributed by atoms with Crippen molar-refractivity contribution in [1.82, 2.24) is 5.06 Å². The van der Waals surface area contributed by atoms with Crippen molar-refractivity contribution in [2.24, 2.45) is 0 Å². The van der Waals surface area contributed by atoms with Gasteiger partial charge >= 0.3 is 6.18 Å². The third kappa shape index (κ3) is 5.20. The van der Waals surface area contributed by atoms with Gasteiger partial charge < -0.3 is 4.72 Å². The molecule has 2 aromatic carbocycles. The lowest BCUT2D eigenvalue weighted by molar-refractivity contribution is -0.137. The maximum Gasteiger partial charge on any atom is 0.417 e. The Labute approximate surface area is 173 Å². The Balaban J connectivity index is 2.47. The van der Waals surface area contributed by atoms with Crippen molar-refractivity contribution in [3.05, 3.63) is 57.6 Å². The smallest absolute Gasteiger partial charge is 0.331 e. The average molecular weight is 453 g/mol. The van der Waals surface area contributed by atoms with Crippen LogP contribution in [0, 0.1) is 0 Å². The predicted octanol–water partition coefficient (Wildman–Crippen LogP) is 6.12. The molecule has 0 bridgehead atoms. The lowest BCUT2D eigenvalue weighted by Gasteiger charge is -2.20. The summed E-state index contributed by atoms with van der Waals surface area (Å²) in [4.78, 5) is 17.8. The van der Waals surface area contributed by atoms with E-state index in [9.17, 15) is 18.0 Å². The number of carbonyl (C=O) groups is 1. The predicted molar refractivity (Wildman–Crippen MR) is 108 cm³/mol. The Morgan fingerprint density at radius 3 is 2.46 bits per heavy atom. The van der Waals surface area contributed by atoms with Gasteiger partial charge in [0.2, 0.25) is 0 Å². The number of nitrogens with one attached hydrogen (secondary N) is 1. The van der Waals surface area contributed by atoms with E-state index in [1.165, 1.54) is 38.4 Å². The highest BCUT2D eigenvalue weighted by atomic mass is 35.5. The Morgan fingerprint density at radius 1 is 1.21 bits per heavy atom. The van der Waals surface area contributed by atoms with Crippen molar-refractivity contribution in [2.45, 2.75) is 18.0 Å². The van der Waals surface area contributed by atoms with Crippen LogP contribution in [0.4, 0.5) is 18.9 Å². The number of alkyl halides is 3. The molecule has 28 heavy (non-hydrogen) atoms. The number of nitrogens with zero attached hydrogens (tertiary/aromatic N) is 1. The Morgan fingerprint density at radius 2 is 1.89 bits per heavy atom. The van der Waals surface area contributed by atoms with E-state index < -0.39 is 28.3 Å². The monoisotopic (exact) mass is 452 g/mol. The number of benzene rings is 2. The second-order valence-electron chi connectivity index (χ2n) is 5.49. The summed E-state index contributed by atoms with van der Waals surface area (Å²) in [6.07, 6.45) is -4.58. The van der Waals surface area contributed by atoms with Gasteiger partial charge in [0.15, 0.2) is 0 Å². The molecule has 1 N–H and O–H groups in total. The molecule has 1 amide bonds. The van der Waals surface area contributed by atoms with Crippen LogP contribution in [0.25, 0.3) is 0 Å². The lowest BCUT2D eigenvalue weighted by Crippen LogP contribution is -2.26. The zero-order valence-corrected chi connectivity index (χ0v) is 17.4. The van der Waals surface area contributed by atoms with E-state index in [4.69, 9.17) is 28.0 Å². The molecule has 2 aromatic rings. The van der Waals surface area contributed by atoms with Gasteiger partial charge in [-0.15, -0.1) is 0 Å². The van der Waals surface area contributed by atoms with Crippen molar-refractivity contribution in [2.75, 3.05) is 18.9 Å². The molecule has 2 rings (SSSR count). The number of anilines is 1. The van der Waals surface area contributed by atoms with Gasteiger partial charge in [-0.3, -0.25) is 9.63 Å². The van der Waals surface area contributed by atoms with Crippen LogP contribution in [0.3, 0.4) is 0 Å². The standard InChI is InChI=1S/C18H17Cl2F3N2O2S/c1-4-28(12-6-8-15(20)14(10-12)18(21,22)23)24-16-9-11(19)5-7-13(16)17(26)25(2)27-3/h4-10,24H,1-3H3. The van der Waals surface area contributed by atoms with E-state index in [0.29, 0.717) is 15.6 Å². The van der Waals surface area contributed by atoms with E-state index in [-0.39, 0.29) is 10.6 Å². The van der Waals surface area contributed by atoms with Crippen LogP contribution < -0.4 is 4.72 Å². The molecule has 152 valence electrons. The molecule has 1 unspecified atom stereocenters. The molecule has 0 saturated heterocycles. The van der Waals surface area contributed by atoms with Gasteiger partial charge in [0.05, 0.1) is 28.9 Å². The lowest BCUT2D eigenvalue weighted by atomic mass is 10.1. The van der Waals surface area contributed by atoms with Gasteiger partial charge in [-0.25, -0.2) is 5.06 Å². The molecule has 0 heterocycles. The molecule has 0 aromatic heterocycles. The summed E-state index contributed by atoms with van der Waals surface area (Å²) >= 11 is 11.7. The minimum Gasteiger partial charge on any atom is -0.331 e. The third-order valence-corrected chi connectivity index (χ3v) is 5.96. The van der Waals surface area contributed by atoms with E-state index in [1.54, 1.807) is 18.4 Å². The Bertz CT molecular complexity index is 920. The highest BCUT2D eigenvalue weighted by Gasteiger charge is 2.33. The number of hydrogen-bond donors (Lipinski definition) is 1. The van der Waals surface area contributed by atoms with Gasteiger partial charge in [0, 0.05) is 17.0 Å². The van der Waals surface area contributed by atoms with Crippen molar-refractivity contribution in [3.63, 3.8) is 0 Å². The highest BCUT2D eigenvalue weighted by Crippen LogP contribution is 2.39. The molecular weight excluding hydrogens is 436 g/mol. The zero-order valence-electron chi connectivity index (χ0n) is 15.1. The van der Waals surface area contributed by atoms with Crippen molar-refractivity contribution >= 4 is 50.8 Å². The number of hydrogen-bond acceptors (Lipinski definition) is 3. The van der Waals surface area contributed by atoms with E-state index >= 15 is 0 Å². The maximum atomic E-state index is 13.2. The fraction of sp³-hybridized carbons (Fsp3) is 0.222. The number of carbonyl (C=O) groups excluding carboxylic acids is 1. The molecule has 1 atom stereocenters. The van der Waals surface area contributed by atoms with Gasteiger partial charge in [-0.1, -0.05) is 33.9 Å². The minimum atomic E-state index is -4.58. The fourth-order valence-electron chi connectivity index (χ4n) is 2.27. The average Bonchev–Trinajstić information content (AvgIpc) is 2.64. The molecular formula is C18H17Cl2F3N2O2S. The molecule has 0 radical (unpaired) electrons. The molecule has 0 aliphatic heterocycles. The fourth-order valence-corrected chi connectivity index (χ4v) is 4.04. The molecule has 0 spiro atoms. The normalized spacial score (nSPS) is 12.7. The Hall–Kier alpha value is -1.74. The largest absolute Gasteiger partial charge is 0.417 e. The topological polar surface area (TPSA) is 41.6 Å². The first-order valence-electron chi connectivity index (χ1n) is 7.86. The van der Waals surface area contributed by atoms with Gasteiger partial charge in [0.25, 0.3) is 5.91 Å². The maximum absolute atomic E-state index is 13.2. The van der Waals surface area contributed by atoms with Crippen molar-refractivity contribution in [3.8, 4) is 0 Å². The van der Waals surface area contributed by atoms with Gasteiger partial charge in [0.1, 0.15) is 0 Å². The first-order valence-corrected chi connectivity index (χ1v) is 9.90. The number of rotatable bonds is 5. The van der Waals surface area contributed by atoms with Crippen molar-refractivity contribution < 1.29 is 22.8 Å². The van der Waals surface area contributed by atoms with Gasteiger partial charge in [-0.05, 0) is 48.7 Å². The van der Waals surface area contributed by atoms with Crippen LogP contribution in [0.2, 0.25) is 10.0 Å². The Kier molecular flexibility index (Phi) is 7.39. The summed E-state index contributed by atoms with van der Waals surface area (Å²) in [5.74, 6) is -0.437. The summed E-state index contributed by atoms with van der Waals surface area (Å²) in [6.45, 7) is 1.70. The van der Waals surface area contributed by atoms with Crippen LogP contribution in [0.1, 0.15) is 22.8 Å².